The van der Waals surface area contributed by atoms with Crippen LogP contribution in [0.4, 0.5) is 0 Å². The van der Waals surface area contributed by atoms with Gasteiger partial charge in [0, 0.05) is 85.8 Å². The first-order valence-corrected chi connectivity index (χ1v) is 20.6. The van der Waals surface area contributed by atoms with Gasteiger partial charge in [0.1, 0.15) is 42.6 Å². The van der Waals surface area contributed by atoms with E-state index in [1.54, 1.807) is 36.7 Å². The summed E-state index contributed by atoms with van der Waals surface area (Å²) < 4.78 is 18.9. The number of ether oxygens (including phenoxy) is 3. The molecule has 1 atom stereocenters. The number of hydrogen-bond donors (Lipinski definition) is 3. The molecular formula is C46H48Cl2N6O6. The van der Waals surface area contributed by atoms with Crippen molar-refractivity contribution >= 4 is 23.2 Å². The number of nitriles is 2. The molecular weight excluding hydrogens is 803 g/mol. The zero-order valence-corrected chi connectivity index (χ0v) is 34.9. The Morgan fingerprint density at radius 1 is 0.833 bits per heavy atom. The summed E-state index contributed by atoms with van der Waals surface area (Å²) in [4.78, 5) is 12.5. The topological polar surface area (TPSA) is 168 Å². The van der Waals surface area contributed by atoms with Crippen molar-refractivity contribution in [3.63, 3.8) is 0 Å². The number of nitrogens with zero attached hydrogens (tertiary/aromatic N) is 6. The van der Waals surface area contributed by atoms with E-state index in [9.17, 15) is 25.8 Å². The Kier molecular flexibility index (Phi) is 16.1. The largest absolute Gasteiger partial charge is 0.493 e. The van der Waals surface area contributed by atoms with Crippen molar-refractivity contribution in [2.45, 2.75) is 58.1 Å². The molecule has 0 amide bonds. The highest BCUT2D eigenvalue weighted by molar-refractivity contribution is 6.34. The first-order chi connectivity index (χ1) is 29.2. The molecule has 3 N–H and O–H groups in total. The van der Waals surface area contributed by atoms with Crippen LogP contribution < -0.4 is 14.2 Å². The van der Waals surface area contributed by atoms with Gasteiger partial charge in [-0.1, -0.05) is 53.5 Å². The molecule has 14 heteroatoms. The zero-order valence-electron chi connectivity index (χ0n) is 33.4. The first-order valence-electron chi connectivity index (χ1n) is 19.8. The van der Waals surface area contributed by atoms with Gasteiger partial charge in [-0.3, -0.25) is 14.9 Å². The number of aliphatic hydroxyl groups excluding tert-OH is 3. The van der Waals surface area contributed by atoms with Crippen molar-refractivity contribution in [2.24, 2.45) is 0 Å². The second-order valence-corrected chi connectivity index (χ2v) is 15.5. The second-order valence-electron chi connectivity index (χ2n) is 14.7. The maximum absolute atomic E-state index is 10.2. The lowest BCUT2D eigenvalue weighted by molar-refractivity contribution is 0.0686. The summed E-state index contributed by atoms with van der Waals surface area (Å²) in [5, 5.41) is 49.9. The highest BCUT2D eigenvalue weighted by atomic mass is 35.5. The number of aliphatic hydroxyl groups is 3. The van der Waals surface area contributed by atoms with Gasteiger partial charge in [0.15, 0.2) is 0 Å². The van der Waals surface area contributed by atoms with Crippen LogP contribution in [0.25, 0.3) is 11.1 Å². The minimum Gasteiger partial charge on any atom is -0.493 e. The monoisotopic (exact) mass is 850 g/mol. The average Bonchev–Trinajstić information content (AvgIpc) is 3.69. The third-order valence-corrected chi connectivity index (χ3v) is 11.3. The Bertz CT molecular complexity index is 2310. The molecule has 0 unspecified atom stereocenters. The number of likely N-dealkylation sites (tertiary alicyclic amines) is 1. The summed E-state index contributed by atoms with van der Waals surface area (Å²) >= 11 is 14.0. The minimum absolute atomic E-state index is 0.0885. The third-order valence-electron chi connectivity index (χ3n) is 10.5. The molecule has 1 aliphatic heterocycles. The predicted molar refractivity (Wildman–Crippen MR) is 229 cm³/mol. The van der Waals surface area contributed by atoms with Gasteiger partial charge in [0.2, 0.25) is 0 Å². The van der Waals surface area contributed by atoms with E-state index < -0.39 is 6.04 Å². The molecule has 6 rings (SSSR count). The van der Waals surface area contributed by atoms with Crippen LogP contribution in [-0.4, -0.2) is 93.2 Å². The summed E-state index contributed by atoms with van der Waals surface area (Å²) in [6.07, 6.45) is 8.22. The van der Waals surface area contributed by atoms with Crippen LogP contribution in [0.15, 0.2) is 85.5 Å². The summed E-state index contributed by atoms with van der Waals surface area (Å²) in [5.74, 6) is 1.58. The van der Waals surface area contributed by atoms with Crippen LogP contribution in [-0.2, 0) is 26.2 Å². The molecule has 0 bridgehead atoms. The maximum atomic E-state index is 10.2. The van der Waals surface area contributed by atoms with Crippen LogP contribution in [0.5, 0.6) is 17.2 Å². The molecule has 1 aliphatic rings. The van der Waals surface area contributed by atoms with Crippen LogP contribution in [0.1, 0.15) is 51.8 Å². The van der Waals surface area contributed by atoms with E-state index in [0.717, 1.165) is 59.5 Å². The fourth-order valence-electron chi connectivity index (χ4n) is 7.19. The summed E-state index contributed by atoms with van der Waals surface area (Å²) in [6.45, 7) is 5.32. The molecule has 0 radical (unpaired) electrons. The number of benzene rings is 3. The van der Waals surface area contributed by atoms with Crippen LogP contribution in [0.3, 0.4) is 0 Å². The zero-order chi connectivity index (χ0) is 42.4. The Balaban J connectivity index is 1.21. The Morgan fingerprint density at radius 2 is 1.53 bits per heavy atom. The summed E-state index contributed by atoms with van der Waals surface area (Å²) in [6, 6.07) is 22.2. The average molecular weight is 852 g/mol. The van der Waals surface area contributed by atoms with E-state index in [1.165, 1.54) is 12.4 Å². The summed E-state index contributed by atoms with van der Waals surface area (Å²) in [5.41, 5.74) is 6.51. The van der Waals surface area contributed by atoms with Crippen molar-refractivity contribution in [1.29, 1.82) is 10.5 Å². The van der Waals surface area contributed by atoms with Gasteiger partial charge >= 0.3 is 0 Å². The highest BCUT2D eigenvalue weighted by Crippen LogP contribution is 2.38. The van der Waals surface area contributed by atoms with Crippen molar-refractivity contribution in [1.82, 2.24) is 19.8 Å². The standard InChI is InChI=1S/C46H48Cl2N6O6/c1-31-40(6-3-8-43(31)58-14-4-11-53-12-10-39(57)26-53)41-7-2-5-36(46(41)48)30-60-45-18-44(59-29-35-16-34(20-50)23-52-24-35)37(17-42(45)47)25-54(38(27-55)28-56)13-9-32-15-33(19-49)22-51-21-32/h2-3,5-8,15-18,21-24,38-39,55-57H,4,9-14,25-30H2,1H3/t39-/m1/s1. The van der Waals surface area contributed by atoms with Crippen molar-refractivity contribution in [3.8, 4) is 40.5 Å². The number of β-amino-alcohol motifs (C(OH)–C–C–N with tert-alkyl or cyclic N) is 1. The van der Waals surface area contributed by atoms with E-state index in [1.807, 2.05) is 48.2 Å². The van der Waals surface area contributed by atoms with Crippen molar-refractivity contribution in [2.75, 3.05) is 46.0 Å². The lowest BCUT2D eigenvalue weighted by Gasteiger charge is -2.30. The molecule has 60 heavy (non-hydrogen) atoms. The van der Waals surface area contributed by atoms with Gasteiger partial charge in [-0.2, -0.15) is 10.5 Å². The van der Waals surface area contributed by atoms with Crippen LogP contribution in [0.2, 0.25) is 10.0 Å². The maximum Gasteiger partial charge on any atom is 0.142 e. The van der Waals surface area contributed by atoms with Gasteiger partial charge < -0.3 is 34.4 Å². The molecule has 0 spiro atoms. The van der Waals surface area contributed by atoms with Crippen molar-refractivity contribution < 1.29 is 29.5 Å². The lowest BCUT2D eigenvalue weighted by Crippen LogP contribution is -2.41. The van der Waals surface area contributed by atoms with E-state index >= 15 is 0 Å². The molecule has 3 heterocycles. The molecule has 3 aromatic carbocycles. The van der Waals surface area contributed by atoms with E-state index in [2.05, 4.69) is 27.0 Å². The van der Waals surface area contributed by atoms with E-state index in [0.29, 0.717) is 69.9 Å². The second kappa shape index (κ2) is 21.8. The van der Waals surface area contributed by atoms with E-state index in [-0.39, 0.29) is 39.1 Å². The lowest BCUT2D eigenvalue weighted by atomic mass is 9.98. The number of rotatable bonds is 20. The summed E-state index contributed by atoms with van der Waals surface area (Å²) in [7, 11) is 0. The van der Waals surface area contributed by atoms with Gasteiger partial charge in [0.25, 0.3) is 0 Å². The van der Waals surface area contributed by atoms with E-state index in [4.69, 9.17) is 37.4 Å². The molecule has 312 valence electrons. The molecule has 1 fully saturated rings. The van der Waals surface area contributed by atoms with Gasteiger partial charge in [-0.15, -0.1) is 0 Å². The predicted octanol–water partition coefficient (Wildman–Crippen LogP) is 6.89. The molecule has 5 aromatic rings. The highest BCUT2D eigenvalue weighted by Gasteiger charge is 2.23. The quantitative estimate of drug-likeness (QED) is 0.0695. The molecule has 0 saturated carbocycles. The molecule has 2 aromatic heterocycles. The molecule has 0 aliphatic carbocycles. The fourth-order valence-corrected chi connectivity index (χ4v) is 7.72. The fraction of sp³-hybridized carbons (Fsp3) is 0.348. The Labute approximate surface area is 360 Å². The van der Waals surface area contributed by atoms with Gasteiger partial charge in [-0.05, 0) is 67.1 Å². The smallest absolute Gasteiger partial charge is 0.142 e. The minimum atomic E-state index is -0.600. The number of hydrogen-bond acceptors (Lipinski definition) is 12. The van der Waals surface area contributed by atoms with Gasteiger partial charge in [-0.25, -0.2) is 0 Å². The molecule has 1 saturated heterocycles. The normalized spacial score (nSPS) is 14.0. The number of halogens is 2. The SMILES string of the molecule is Cc1c(OCCCN2CC[C@@H](O)C2)cccc1-c1cccc(COc2cc(OCc3cncc(C#N)c3)c(CN(CCc3cncc(C#N)c3)C(CO)CO)cc2Cl)c1Cl. The first kappa shape index (κ1) is 44.3. The molecule has 12 nitrogen and oxygen atoms in total. The van der Waals surface area contributed by atoms with Crippen LogP contribution in [0, 0.1) is 29.6 Å². The van der Waals surface area contributed by atoms with Gasteiger partial charge in [0.05, 0.1) is 53.1 Å². The number of aromatic nitrogens is 2. The third kappa shape index (κ3) is 11.7. The Morgan fingerprint density at radius 3 is 2.25 bits per heavy atom. The Hall–Kier alpha value is -5.28. The van der Waals surface area contributed by atoms with Crippen LogP contribution >= 0.6 is 23.2 Å². The number of pyridine rings is 2. The van der Waals surface area contributed by atoms with Crippen molar-refractivity contribution in [3.05, 3.63) is 134 Å².